The Balaban J connectivity index is 1.42. The molecule has 0 radical (unpaired) electrons. The van der Waals surface area contributed by atoms with Crippen LogP contribution in [0.2, 0.25) is 5.02 Å². The molecule has 2 aromatic carbocycles. The molecule has 3 atom stereocenters. The van der Waals surface area contributed by atoms with Crippen LogP contribution in [0.25, 0.3) is 11.0 Å². The molecule has 1 aliphatic rings. The highest BCUT2D eigenvalue weighted by Crippen LogP contribution is 2.29. The molecule has 0 bridgehead atoms. The van der Waals surface area contributed by atoms with E-state index in [0.29, 0.717) is 34.0 Å². The molecule has 0 aliphatic carbocycles. The highest BCUT2D eigenvalue weighted by Gasteiger charge is 2.24. The van der Waals surface area contributed by atoms with E-state index in [0.717, 1.165) is 24.2 Å². The number of β-amino-alcohol motifs (C(OH)–C–C–N with tert-alkyl or cyclic N) is 1. The molecule has 1 aromatic heterocycles. The van der Waals surface area contributed by atoms with E-state index in [9.17, 15) is 9.90 Å². The topological polar surface area (TPSA) is 81.4 Å². The van der Waals surface area contributed by atoms with Gasteiger partial charge in [-0.05, 0) is 63.1 Å². The number of rotatable bonds is 7. The van der Waals surface area contributed by atoms with Crippen molar-refractivity contribution in [3.63, 3.8) is 0 Å². The largest absolute Gasteiger partial charge is 0.491 e. The van der Waals surface area contributed by atoms with Crippen molar-refractivity contribution in [3.8, 4) is 17.2 Å². The Morgan fingerprint density at radius 1 is 1.12 bits per heavy atom. The van der Waals surface area contributed by atoms with Gasteiger partial charge >= 0.3 is 0 Å². The van der Waals surface area contributed by atoms with Crippen LogP contribution in [0.5, 0.6) is 17.2 Å². The lowest BCUT2D eigenvalue weighted by atomic mass is 10.1. The summed E-state index contributed by atoms with van der Waals surface area (Å²) in [6, 6.07) is 8.52. The fourth-order valence-electron chi connectivity index (χ4n) is 4.32. The van der Waals surface area contributed by atoms with E-state index >= 15 is 0 Å². The minimum atomic E-state index is -0.651. The summed E-state index contributed by atoms with van der Waals surface area (Å²) in [4.78, 5) is 15.1. The summed E-state index contributed by atoms with van der Waals surface area (Å²) in [6.45, 7) is 10.0. The van der Waals surface area contributed by atoms with Gasteiger partial charge in [-0.3, -0.25) is 9.69 Å². The van der Waals surface area contributed by atoms with Crippen LogP contribution < -0.4 is 14.9 Å². The van der Waals surface area contributed by atoms with Gasteiger partial charge in [-0.2, -0.15) is 0 Å². The average Bonchev–Trinajstić information content (AvgIpc) is 2.77. The summed E-state index contributed by atoms with van der Waals surface area (Å²) in [5.41, 5.74) is 1.82. The molecule has 4 rings (SSSR count). The van der Waals surface area contributed by atoms with E-state index in [2.05, 4.69) is 4.90 Å². The summed E-state index contributed by atoms with van der Waals surface area (Å²) in [5.74, 6) is 1.12. The molecular formula is C26H30ClNO6. The maximum atomic E-state index is 12.9. The van der Waals surface area contributed by atoms with Crippen molar-refractivity contribution in [1.29, 1.82) is 0 Å². The lowest BCUT2D eigenvalue weighted by Crippen LogP contribution is -2.48. The molecule has 0 spiro atoms. The van der Waals surface area contributed by atoms with Gasteiger partial charge in [0.05, 0.1) is 17.6 Å². The van der Waals surface area contributed by atoms with Crippen LogP contribution in [0, 0.1) is 13.8 Å². The molecule has 7 nitrogen and oxygen atoms in total. The molecule has 1 N–H and O–H groups in total. The van der Waals surface area contributed by atoms with Gasteiger partial charge in [0, 0.05) is 30.7 Å². The third-order valence-electron chi connectivity index (χ3n) is 5.76. The fourth-order valence-corrected chi connectivity index (χ4v) is 4.43. The molecule has 1 aliphatic heterocycles. The standard InChI is InChI=1S/C26H30ClNO6/c1-15-7-21(8-16(2)25(15)27)34-24-14-32-23-9-20(5-6-22(23)26(24)30)31-13-19(29)12-28-10-17(3)33-18(4)11-28/h5-9,14,17-19,29H,10-13H2,1-4H3/t17-,18-,19+/m1/s1. The van der Waals surface area contributed by atoms with Gasteiger partial charge in [0.2, 0.25) is 11.2 Å². The SMILES string of the molecule is Cc1cc(Oc2coc3cc(OC[C@@H](O)CN4C[C@@H](C)O[C@H](C)C4)ccc3c2=O)cc(C)c1Cl. The summed E-state index contributed by atoms with van der Waals surface area (Å²) < 4.78 is 22.9. The van der Waals surface area contributed by atoms with Gasteiger partial charge in [0.25, 0.3) is 0 Å². The van der Waals surface area contributed by atoms with E-state index in [4.69, 9.17) is 30.2 Å². The van der Waals surface area contributed by atoms with Crippen LogP contribution >= 0.6 is 11.6 Å². The van der Waals surface area contributed by atoms with Crippen molar-refractivity contribution in [1.82, 2.24) is 4.90 Å². The number of hydrogen-bond donors (Lipinski definition) is 1. The lowest BCUT2D eigenvalue weighted by molar-refractivity contribution is -0.0786. The normalized spacial score (nSPS) is 19.8. The van der Waals surface area contributed by atoms with Crippen LogP contribution in [0.15, 0.2) is 45.8 Å². The Morgan fingerprint density at radius 2 is 1.79 bits per heavy atom. The van der Waals surface area contributed by atoms with E-state index in [1.807, 2.05) is 27.7 Å². The second kappa shape index (κ2) is 10.4. The average molecular weight is 488 g/mol. The Bertz CT molecular complexity index is 1190. The molecule has 1 fully saturated rings. The van der Waals surface area contributed by atoms with Crippen LogP contribution in [-0.2, 0) is 4.74 Å². The lowest BCUT2D eigenvalue weighted by Gasteiger charge is -2.36. The minimum absolute atomic E-state index is 0.0895. The van der Waals surface area contributed by atoms with Gasteiger partial charge < -0.3 is 23.7 Å². The number of aliphatic hydroxyl groups excluding tert-OH is 1. The Hall–Kier alpha value is -2.58. The quantitative estimate of drug-likeness (QED) is 0.517. The van der Waals surface area contributed by atoms with Crippen LogP contribution in [-0.4, -0.2) is 54.6 Å². The molecule has 1 saturated heterocycles. The first-order valence-corrected chi connectivity index (χ1v) is 11.8. The highest BCUT2D eigenvalue weighted by atomic mass is 35.5. The Kier molecular flexibility index (Phi) is 7.48. The van der Waals surface area contributed by atoms with Gasteiger partial charge in [-0.1, -0.05) is 11.6 Å². The van der Waals surface area contributed by atoms with Crippen molar-refractivity contribution in [3.05, 3.63) is 63.0 Å². The molecule has 0 saturated carbocycles. The Labute approximate surface area is 203 Å². The monoisotopic (exact) mass is 487 g/mol. The summed E-state index contributed by atoms with van der Waals surface area (Å²) >= 11 is 6.21. The Morgan fingerprint density at radius 3 is 2.47 bits per heavy atom. The number of fused-ring (bicyclic) bond motifs is 1. The molecule has 0 amide bonds. The number of benzene rings is 2. The number of nitrogens with zero attached hydrogens (tertiary/aromatic N) is 1. The smallest absolute Gasteiger partial charge is 0.235 e. The molecule has 34 heavy (non-hydrogen) atoms. The van der Waals surface area contributed by atoms with Gasteiger partial charge in [-0.25, -0.2) is 0 Å². The second-order valence-corrected chi connectivity index (χ2v) is 9.38. The minimum Gasteiger partial charge on any atom is -0.491 e. The number of aliphatic hydroxyl groups is 1. The van der Waals surface area contributed by atoms with E-state index in [-0.39, 0.29) is 30.0 Å². The van der Waals surface area contributed by atoms with Crippen molar-refractivity contribution >= 4 is 22.6 Å². The van der Waals surface area contributed by atoms with E-state index < -0.39 is 6.10 Å². The summed E-state index contributed by atoms with van der Waals surface area (Å²) in [7, 11) is 0. The van der Waals surface area contributed by atoms with Crippen molar-refractivity contribution in [2.45, 2.75) is 46.0 Å². The van der Waals surface area contributed by atoms with Crippen molar-refractivity contribution in [2.75, 3.05) is 26.2 Å². The zero-order valence-corrected chi connectivity index (χ0v) is 20.6. The van der Waals surface area contributed by atoms with E-state index in [1.165, 1.54) is 6.26 Å². The highest BCUT2D eigenvalue weighted by molar-refractivity contribution is 6.32. The first-order valence-electron chi connectivity index (χ1n) is 11.4. The van der Waals surface area contributed by atoms with Gasteiger partial charge in [0.1, 0.15) is 36.1 Å². The predicted molar refractivity (Wildman–Crippen MR) is 131 cm³/mol. The fraction of sp³-hybridized carbons (Fsp3) is 0.423. The number of morpholine rings is 1. The van der Waals surface area contributed by atoms with Crippen molar-refractivity contribution < 1.29 is 23.7 Å². The van der Waals surface area contributed by atoms with Crippen molar-refractivity contribution in [2.24, 2.45) is 0 Å². The zero-order chi connectivity index (χ0) is 24.4. The second-order valence-electron chi connectivity index (χ2n) is 9.00. The number of hydrogen-bond acceptors (Lipinski definition) is 7. The van der Waals surface area contributed by atoms with Crippen LogP contribution in [0.1, 0.15) is 25.0 Å². The van der Waals surface area contributed by atoms with Crippen LogP contribution in [0.3, 0.4) is 0 Å². The first kappa shape index (κ1) is 24.5. The van der Waals surface area contributed by atoms with Crippen LogP contribution in [0.4, 0.5) is 0 Å². The molecule has 2 heterocycles. The first-order chi connectivity index (χ1) is 16.2. The molecular weight excluding hydrogens is 458 g/mol. The summed E-state index contributed by atoms with van der Waals surface area (Å²) in [6.07, 6.45) is 0.926. The molecule has 182 valence electrons. The molecule has 8 heteroatoms. The zero-order valence-electron chi connectivity index (χ0n) is 19.8. The third-order valence-corrected chi connectivity index (χ3v) is 6.35. The number of halogens is 1. The summed E-state index contributed by atoms with van der Waals surface area (Å²) in [5, 5.41) is 11.5. The van der Waals surface area contributed by atoms with Gasteiger partial charge in [-0.15, -0.1) is 0 Å². The third kappa shape index (κ3) is 5.73. The van der Waals surface area contributed by atoms with Gasteiger partial charge in [0.15, 0.2) is 0 Å². The van der Waals surface area contributed by atoms with E-state index in [1.54, 1.807) is 30.3 Å². The maximum absolute atomic E-state index is 12.9. The number of ether oxygens (including phenoxy) is 3. The maximum Gasteiger partial charge on any atom is 0.235 e. The molecule has 0 unspecified atom stereocenters. The number of aryl methyl sites for hydroxylation is 2. The molecule has 3 aromatic rings. The predicted octanol–water partition coefficient (Wildman–Crippen LogP) is 4.70.